The van der Waals surface area contributed by atoms with E-state index in [9.17, 15) is 22.0 Å². The molecule has 16 heavy (non-hydrogen) atoms. The molecule has 0 atom stereocenters. The van der Waals surface area contributed by atoms with Gasteiger partial charge in [-0.05, 0) is 28.7 Å². The maximum absolute atomic E-state index is 12.4. The van der Waals surface area contributed by atoms with Crippen molar-refractivity contribution < 1.29 is 26.7 Å². The van der Waals surface area contributed by atoms with E-state index in [0.717, 1.165) is 0 Å². The molecule has 1 rings (SSSR count). The van der Waals surface area contributed by atoms with Gasteiger partial charge < -0.3 is 4.74 Å². The van der Waals surface area contributed by atoms with Gasteiger partial charge in [-0.15, -0.1) is 0 Å². The highest BCUT2D eigenvalue weighted by molar-refractivity contribution is 14.1. The molecule has 1 aromatic rings. The molecule has 8 heteroatoms. The molecule has 90 valence electrons. The van der Waals surface area contributed by atoms with E-state index in [-0.39, 0.29) is 9.45 Å². The van der Waals surface area contributed by atoms with Crippen LogP contribution in [-0.4, -0.2) is 12.1 Å². The van der Waals surface area contributed by atoms with E-state index in [1.165, 1.54) is 29.7 Å². The molecule has 0 aliphatic heterocycles. The van der Waals surface area contributed by atoms with Gasteiger partial charge in [-0.1, -0.05) is 0 Å². The lowest BCUT2D eigenvalue weighted by atomic mass is 10.2. The van der Waals surface area contributed by atoms with Crippen LogP contribution in [-0.2, 0) is 6.18 Å². The third kappa shape index (κ3) is 2.71. The summed E-state index contributed by atoms with van der Waals surface area (Å²) in [5, 5.41) is 0. The summed E-state index contributed by atoms with van der Waals surface area (Å²) in [4.78, 5) is 3.09. The zero-order valence-corrected chi connectivity index (χ0v) is 9.94. The van der Waals surface area contributed by atoms with Crippen LogP contribution in [0.5, 0.6) is 5.75 Å². The SMILES string of the molecule is COc1cc(C(F)F)c(C(F)(F)F)nc1I. The molecule has 0 amide bonds. The van der Waals surface area contributed by atoms with Gasteiger partial charge in [0.05, 0.1) is 12.7 Å². The van der Waals surface area contributed by atoms with Gasteiger partial charge >= 0.3 is 6.18 Å². The zero-order valence-electron chi connectivity index (χ0n) is 7.78. The maximum atomic E-state index is 12.4. The van der Waals surface area contributed by atoms with Crippen LogP contribution in [0, 0.1) is 3.70 Å². The normalized spacial score (nSPS) is 12.0. The molecule has 0 saturated carbocycles. The number of hydrogen-bond donors (Lipinski definition) is 0. The van der Waals surface area contributed by atoms with E-state index in [1.54, 1.807) is 0 Å². The first kappa shape index (κ1) is 13.4. The van der Waals surface area contributed by atoms with Gasteiger partial charge in [0.2, 0.25) is 0 Å². The second-order valence-electron chi connectivity index (χ2n) is 2.72. The van der Waals surface area contributed by atoms with Crippen molar-refractivity contribution in [3.63, 3.8) is 0 Å². The Bertz CT molecular complexity index is 393. The molecule has 0 bridgehead atoms. The fraction of sp³-hybridized carbons (Fsp3) is 0.375. The molecule has 0 aromatic carbocycles. The van der Waals surface area contributed by atoms with E-state index in [4.69, 9.17) is 0 Å². The second kappa shape index (κ2) is 4.68. The van der Waals surface area contributed by atoms with Crippen molar-refractivity contribution in [3.05, 3.63) is 21.0 Å². The van der Waals surface area contributed by atoms with Crippen molar-refractivity contribution in [2.75, 3.05) is 7.11 Å². The lowest BCUT2D eigenvalue weighted by Crippen LogP contribution is -2.14. The zero-order chi connectivity index (χ0) is 12.5. The summed E-state index contributed by atoms with van der Waals surface area (Å²) >= 11 is 1.49. The molecular weight excluding hydrogens is 348 g/mol. The van der Waals surface area contributed by atoms with Crippen LogP contribution >= 0.6 is 22.6 Å². The Morgan fingerprint density at radius 2 is 1.94 bits per heavy atom. The fourth-order valence-electron chi connectivity index (χ4n) is 1.02. The molecule has 2 nitrogen and oxygen atoms in total. The summed E-state index contributed by atoms with van der Waals surface area (Å²) in [5.74, 6) is -0.108. The minimum atomic E-state index is -4.90. The average Bonchev–Trinajstić information content (AvgIpc) is 2.15. The Morgan fingerprint density at radius 1 is 1.38 bits per heavy atom. The van der Waals surface area contributed by atoms with Gasteiger partial charge in [0, 0.05) is 0 Å². The number of alkyl halides is 5. The molecule has 0 saturated heterocycles. The van der Waals surface area contributed by atoms with E-state index in [2.05, 4.69) is 9.72 Å². The molecule has 0 fully saturated rings. The minimum absolute atomic E-state index is 0.108. The number of nitrogens with zero attached hydrogens (tertiary/aromatic N) is 1. The first-order valence-electron chi connectivity index (χ1n) is 3.87. The van der Waals surface area contributed by atoms with Crippen LogP contribution in [0.25, 0.3) is 0 Å². The van der Waals surface area contributed by atoms with Gasteiger partial charge in [-0.3, -0.25) is 0 Å². The summed E-state index contributed by atoms with van der Waals surface area (Å²) in [6.45, 7) is 0. The molecule has 0 aliphatic rings. The topological polar surface area (TPSA) is 22.1 Å². The number of aromatic nitrogens is 1. The van der Waals surface area contributed by atoms with Crippen molar-refractivity contribution in [3.8, 4) is 5.75 Å². The van der Waals surface area contributed by atoms with Crippen LogP contribution in [0.1, 0.15) is 17.7 Å². The summed E-state index contributed by atoms with van der Waals surface area (Å²) < 4.78 is 66.5. The molecular formula is C8H5F5INO. The monoisotopic (exact) mass is 353 g/mol. The van der Waals surface area contributed by atoms with Crippen molar-refractivity contribution in [1.29, 1.82) is 0 Å². The number of pyridine rings is 1. The largest absolute Gasteiger partial charge is 0.494 e. The van der Waals surface area contributed by atoms with Gasteiger partial charge in [0.25, 0.3) is 6.43 Å². The Hall–Kier alpha value is -0.670. The third-order valence-corrected chi connectivity index (χ3v) is 2.47. The molecule has 0 N–H and O–H groups in total. The minimum Gasteiger partial charge on any atom is -0.494 e. The van der Waals surface area contributed by atoms with Crippen LogP contribution in [0.3, 0.4) is 0 Å². The van der Waals surface area contributed by atoms with Crippen LogP contribution in [0.2, 0.25) is 0 Å². The Labute approximate surface area is 101 Å². The molecule has 0 radical (unpaired) electrons. The highest BCUT2D eigenvalue weighted by Crippen LogP contribution is 2.37. The third-order valence-electron chi connectivity index (χ3n) is 1.70. The van der Waals surface area contributed by atoms with Gasteiger partial charge in [-0.2, -0.15) is 13.2 Å². The summed E-state index contributed by atoms with van der Waals surface area (Å²) in [6.07, 6.45) is -8.16. The highest BCUT2D eigenvalue weighted by atomic mass is 127. The number of halogens is 6. The standard InChI is InChI=1S/C8H5F5INO/c1-16-4-2-3(6(9)10)5(8(11,12)13)15-7(4)14/h2,6H,1H3. The Kier molecular flexibility index (Phi) is 3.92. The Balaban J connectivity index is 3.42. The van der Waals surface area contributed by atoms with E-state index in [1.807, 2.05) is 0 Å². The smallest absolute Gasteiger partial charge is 0.433 e. The summed E-state index contributed by atoms with van der Waals surface area (Å²) in [6, 6.07) is 0.655. The molecule has 0 aliphatic carbocycles. The molecule has 1 aromatic heterocycles. The highest BCUT2D eigenvalue weighted by Gasteiger charge is 2.38. The van der Waals surface area contributed by atoms with Gasteiger partial charge in [0.15, 0.2) is 11.4 Å². The molecule has 0 spiro atoms. The predicted octanol–water partition coefficient (Wildman–Crippen LogP) is 3.65. The lowest BCUT2D eigenvalue weighted by molar-refractivity contribution is -0.143. The van der Waals surface area contributed by atoms with Crippen LogP contribution < -0.4 is 4.74 Å². The van der Waals surface area contributed by atoms with Crippen molar-refractivity contribution in [1.82, 2.24) is 4.98 Å². The van der Waals surface area contributed by atoms with Crippen molar-refractivity contribution in [2.24, 2.45) is 0 Å². The van der Waals surface area contributed by atoms with Crippen molar-refractivity contribution >= 4 is 22.6 Å². The quantitative estimate of drug-likeness (QED) is 0.460. The number of methoxy groups -OCH3 is 1. The van der Waals surface area contributed by atoms with E-state index in [0.29, 0.717) is 6.07 Å². The van der Waals surface area contributed by atoms with E-state index < -0.39 is 23.9 Å². The van der Waals surface area contributed by atoms with Crippen LogP contribution in [0.15, 0.2) is 6.07 Å². The number of hydrogen-bond acceptors (Lipinski definition) is 2. The maximum Gasteiger partial charge on any atom is 0.433 e. The fourth-order valence-corrected chi connectivity index (χ4v) is 1.64. The van der Waals surface area contributed by atoms with Gasteiger partial charge in [0.1, 0.15) is 3.70 Å². The molecule has 1 heterocycles. The van der Waals surface area contributed by atoms with E-state index >= 15 is 0 Å². The van der Waals surface area contributed by atoms with Gasteiger partial charge in [-0.25, -0.2) is 13.8 Å². The lowest BCUT2D eigenvalue weighted by Gasteiger charge is -2.13. The second-order valence-corrected chi connectivity index (χ2v) is 3.74. The van der Waals surface area contributed by atoms with Crippen molar-refractivity contribution in [2.45, 2.75) is 12.6 Å². The average molecular weight is 353 g/mol. The number of rotatable bonds is 2. The summed E-state index contributed by atoms with van der Waals surface area (Å²) in [5.41, 5.74) is -2.75. The number of ether oxygens (including phenoxy) is 1. The van der Waals surface area contributed by atoms with Crippen LogP contribution in [0.4, 0.5) is 22.0 Å². The first-order chi connectivity index (χ1) is 7.27. The summed E-state index contributed by atoms with van der Waals surface area (Å²) in [7, 11) is 1.17. The Morgan fingerprint density at radius 3 is 2.31 bits per heavy atom. The molecule has 0 unspecified atom stereocenters. The first-order valence-corrected chi connectivity index (χ1v) is 4.95. The predicted molar refractivity (Wildman–Crippen MR) is 53.5 cm³/mol.